The molecule has 3 aliphatic rings. The first-order valence-corrected chi connectivity index (χ1v) is 7.97. The largest absolute Gasteiger partial charge is 0.481 e. The minimum atomic E-state index is -0.892. The summed E-state index contributed by atoms with van der Waals surface area (Å²) in [4.78, 5) is 24.8. The van der Waals surface area contributed by atoms with Crippen molar-refractivity contribution in [2.75, 3.05) is 26.3 Å². The van der Waals surface area contributed by atoms with E-state index in [1.54, 1.807) is 4.90 Å². The molecule has 2 amide bonds. The van der Waals surface area contributed by atoms with Gasteiger partial charge < -0.3 is 20.1 Å². The fourth-order valence-electron chi connectivity index (χ4n) is 4.24. The van der Waals surface area contributed by atoms with Gasteiger partial charge in [0.05, 0.1) is 25.7 Å². The van der Waals surface area contributed by atoms with Crippen molar-refractivity contribution in [2.45, 2.75) is 38.1 Å². The summed E-state index contributed by atoms with van der Waals surface area (Å²) in [5, 5.41) is 11.9. The number of hydrogen-bond acceptors (Lipinski definition) is 3. The Morgan fingerprint density at radius 3 is 2.81 bits per heavy atom. The molecule has 3 rings (SSSR count). The molecule has 2 bridgehead atoms. The van der Waals surface area contributed by atoms with E-state index in [1.807, 2.05) is 0 Å². The molecule has 0 aromatic heterocycles. The fraction of sp³-hybridized carbons (Fsp3) is 0.867. The van der Waals surface area contributed by atoms with E-state index in [0.29, 0.717) is 25.7 Å². The average molecular weight is 296 g/mol. The van der Waals surface area contributed by atoms with E-state index in [-0.39, 0.29) is 18.5 Å². The minimum absolute atomic E-state index is 0.0540. The highest BCUT2D eigenvalue weighted by atomic mass is 16.5. The van der Waals surface area contributed by atoms with Crippen LogP contribution < -0.4 is 5.32 Å². The van der Waals surface area contributed by atoms with E-state index < -0.39 is 5.97 Å². The lowest BCUT2D eigenvalue weighted by Crippen LogP contribution is -2.53. The molecular weight excluding hydrogens is 272 g/mol. The Morgan fingerprint density at radius 2 is 2.14 bits per heavy atom. The first-order chi connectivity index (χ1) is 10.1. The Labute approximate surface area is 124 Å². The fourth-order valence-corrected chi connectivity index (χ4v) is 4.24. The van der Waals surface area contributed by atoms with E-state index in [1.165, 1.54) is 25.7 Å². The molecule has 2 saturated carbocycles. The molecule has 1 aliphatic heterocycles. The highest BCUT2D eigenvalue weighted by molar-refractivity contribution is 5.76. The number of hydrogen-bond donors (Lipinski definition) is 2. The number of carbonyl (C=O) groups excluding carboxylic acids is 1. The standard InChI is InChI=1S/C15H24N2O4/c18-14(19)7-13-9-21-4-3-17(13)15(20)16-8-12-6-10-1-2-11(12)5-10/h10-13H,1-9H2,(H,16,20)(H,18,19). The summed E-state index contributed by atoms with van der Waals surface area (Å²) >= 11 is 0. The number of carboxylic acid groups (broad SMARTS) is 1. The maximum Gasteiger partial charge on any atom is 0.317 e. The molecule has 2 N–H and O–H groups in total. The first kappa shape index (κ1) is 14.6. The molecule has 4 unspecified atom stereocenters. The lowest BCUT2D eigenvalue weighted by molar-refractivity contribution is -0.139. The van der Waals surface area contributed by atoms with Crippen LogP contribution in [0.5, 0.6) is 0 Å². The van der Waals surface area contributed by atoms with Crippen molar-refractivity contribution in [2.24, 2.45) is 17.8 Å². The van der Waals surface area contributed by atoms with Crippen LogP contribution in [0.2, 0.25) is 0 Å². The predicted molar refractivity (Wildman–Crippen MR) is 75.9 cm³/mol. The SMILES string of the molecule is O=C(O)CC1COCCN1C(=O)NCC1CC2CCC1C2. The molecule has 4 atom stereocenters. The summed E-state index contributed by atoms with van der Waals surface area (Å²) in [6, 6.07) is -0.483. The predicted octanol–water partition coefficient (Wildman–Crippen LogP) is 1.31. The van der Waals surface area contributed by atoms with Crippen LogP contribution in [-0.2, 0) is 9.53 Å². The van der Waals surface area contributed by atoms with Crippen molar-refractivity contribution in [3.63, 3.8) is 0 Å². The molecule has 0 radical (unpaired) electrons. The zero-order valence-corrected chi connectivity index (χ0v) is 12.3. The Kier molecular flexibility index (Phi) is 4.33. The van der Waals surface area contributed by atoms with Crippen LogP contribution in [0.15, 0.2) is 0 Å². The van der Waals surface area contributed by atoms with E-state index in [9.17, 15) is 9.59 Å². The molecule has 0 spiro atoms. The van der Waals surface area contributed by atoms with E-state index in [0.717, 1.165) is 18.4 Å². The van der Waals surface area contributed by atoms with Crippen molar-refractivity contribution >= 4 is 12.0 Å². The molecule has 0 aromatic carbocycles. The molecule has 2 aliphatic carbocycles. The third-order valence-corrected chi connectivity index (χ3v) is 5.30. The lowest BCUT2D eigenvalue weighted by Gasteiger charge is -2.35. The van der Waals surface area contributed by atoms with Gasteiger partial charge in [0.25, 0.3) is 0 Å². The summed E-state index contributed by atoms with van der Waals surface area (Å²) in [7, 11) is 0. The summed E-state index contributed by atoms with van der Waals surface area (Å²) in [6.07, 6.45) is 5.19. The van der Waals surface area contributed by atoms with Crippen LogP contribution in [0.1, 0.15) is 32.1 Å². The number of carboxylic acids is 1. The number of rotatable bonds is 4. The van der Waals surface area contributed by atoms with Crippen LogP contribution in [0.25, 0.3) is 0 Å². The number of amides is 2. The Bertz CT molecular complexity index is 414. The molecular formula is C15H24N2O4. The van der Waals surface area contributed by atoms with Gasteiger partial charge in [0.15, 0.2) is 0 Å². The second-order valence-electron chi connectivity index (χ2n) is 6.64. The van der Waals surface area contributed by atoms with Gasteiger partial charge in [-0.2, -0.15) is 0 Å². The van der Waals surface area contributed by atoms with Crippen molar-refractivity contribution in [1.29, 1.82) is 0 Å². The van der Waals surface area contributed by atoms with Crippen molar-refractivity contribution in [3.8, 4) is 0 Å². The minimum Gasteiger partial charge on any atom is -0.481 e. The van der Waals surface area contributed by atoms with Crippen LogP contribution in [0, 0.1) is 17.8 Å². The number of fused-ring (bicyclic) bond motifs is 2. The van der Waals surface area contributed by atoms with Gasteiger partial charge in [0, 0.05) is 13.1 Å². The molecule has 21 heavy (non-hydrogen) atoms. The quantitative estimate of drug-likeness (QED) is 0.820. The normalized spacial score (nSPS) is 35.0. The number of urea groups is 1. The third kappa shape index (κ3) is 3.31. The van der Waals surface area contributed by atoms with Crippen molar-refractivity contribution < 1.29 is 19.4 Å². The second-order valence-corrected chi connectivity index (χ2v) is 6.64. The molecule has 6 nitrogen and oxygen atoms in total. The number of morpholine rings is 1. The molecule has 118 valence electrons. The molecule has 3 fully saturated rings. The smallest absolute Gasteiger partial charge is 0.317 e. The van der Waals surface area contributed by atoms with Crippen molar-refractivity contribution in [3.05, 3.63) is 0 Å². The average Bonchev–Trinajstić information content (AvgIpc) is 3.07. The van der Waals surface area contributed by atoms with Gasteiger partial charge in [-0.25, -0.2) is 4.79 Å². The summed E-state index contributed by atoms with van der Waals surface area (Å²) in [5.41, 5.74) is 0. The molecule has 6 heteroatoms. The summed E-state index contributed by atoms with van der Waals surface area (Å²) < 4.78 is 5.30. The highest BCUT2D eigenvalue weighted by Crippen LogP contribution is 2.47. The van der Waals surface area contributed by atoms with Gasteiger partial charge in [-0.3, -0.25) is 4.79 Å². The number of carbonyl (C=O) groups is 2. The summed E-state index contributed by atoms with van der Waals surface area (Å²) in [6.45, 7) is 2.00. The maximum atomic E-state index is 12.3. The van der Waals surface area contributed by atoms with Gasteiger partial charge in [0.1, 0.15) is 0 Å². The third-order valence-electron chi connectivity index (χ3n) is 5.30. The number of ether oxygens (including phenoxy) is 1. The number of nitrogens with zero attached hydrogens (tertiary/aromatic N) is 1. The van der Waals surface area contributed by atoms with Gasteiger partial charge in [0.2, 0.25) is 0 Å². The van der Waals surface area contributed by atoms with Crippen LogP contribution in [-0.4, -0.2) is 54.4 Å². The van der Waals surface area contributed by atoms with Gasteiger partial charge in [-0.1, -0.05) is 6.42 Å². The Balaban J connectivity index is 1.50. The first-order valence-electron chi connectivity index (χ1n) is 7.97. The van der Waals surface area contributed by atoms with E-state index >= 15 is 0 Å². The summed E-state index contributed by atoms with van der Waals surface area (Å²) in [5.74, 6) is 1.39. The lowest BCUT2D eigenvalue weighted by atomic mass is 9.89. The monoisotopic (exact) mass is 296 g/mol. The van der Waals surface area contributed by atoms with Gasteiger partial charge >= 0.3 is 12.0 Å². The van der Waals surface area contributed by atoms with Crippen molar-refractivity contribution in [1.82, 2.24) is 10.2 Å². The van der Waals surface area contributed by atoms with E-state index in [4.69, 9.17) is 9.84 Å². The number of nitrogens with one attached hydrogen (secondary N) is 1. The molecule has 1 heterocycles. The van der Waals surface area contributed by atoms with Gasteiger partial charge in [-0.05, 0) is 37.0 Å². The highest BCUT2D eigenvalue weighted by Gasteiger charge is 2.39. The van der Waals surface area contributed by atoms with Crippen LogP contribution in [0.4, 0.5) is 4.79 Å². The molecule has 1 saturated heterocycles. The van der Waals surface area contributed by atoms with E-state index in [2.05, 4.69) is 5.32 Å². The van der Waals surface area contributed by atoms with Gasteiger partial charge in [-0.15, -0.1) is 0 Å². The topological polar surface area (TPSA) is 78.9 Å². The second kappa shape index (κ2) is 6.22. The maximum absolute atomic E-state index is 12.3. The number of aliphatic carboxylic acids is 1. The van der Waals surface area contributed by atoms with Crippen LogP contribution in [0.3, 0.4) is 0 Å². The zero-order valence-electron chi connectivity index (χ0n) is 12.3. The zero-order chi connectivity index (χ0) is 14.8. The molecule has 0 aromatic rings. The Morgan fingerprint density at radius 1 is 1.29 bits per heavy atom. The Hall–Kier alpha value is -1.30. The van der Waals surface area contributed by atoms with Crippen LogP contribution >= 0.6 is 0 Å².